The van der Waals surface area contributed by atoms with Crippen LogP contribution in [0.15, 0.2) is 48.8 Å². The summed E-state index contributed by atoms with van der Waals surface area (Å²) in [6.07, 6.45) is 3.28. The Morgan fingerprint density at radius 1 is 1.26 bits per heavy atom. The first-order valence-corrected chi connectivity index (χ1v) is 6.83. The molecule has 0 atom stereocenters. The summed E-state index contributed by atoms with van der Waals surface area (Å²) >= 11 is 0. The highest BCUT2D eigenvalue weighted by Gasteiger charge is 2.16. The molecule has 7 nitrogen and oxygen atoms in total. The Morgan fingerprint density at radius 2 is 2.04 bits per heavy atom. The molecule has 0 radical (unpaired) electrons. The zero-order valence-corrected chi connectivity index (χ0v) is 12.3. The van der Waals surface area contributed by atoms with Crippen LogP contribution < -0.4 is 5.32 Å². The number of aromatic nitrogens is 4. The summed E-state index contributed by atoms with van der Waals surface area (Å²) in [7, 11) is 0. The van der Waals surface area contributed by atoms with Gasteiger partial charge in [-0.25, -0.2) is 4.68 Å². The second kappa shape index (κ2) is 6.07. The second-order valence-electron chi connectivity index (χ2n) is 4.78. The molecule has 2 heterocycles. The van der Waals surface area contributed by atoms with Gasteiger partial charge in [-0.3, -0.25) is 9.78 Å². The molecule has 0 unspecified atom stereocenters. The summed E-state index contributed by atoms with van der Waals surface area (Å²) in [4.78, 5) is 15.2. The number of rotatable bonds is 3. The van der Waals surface area contributed by atoms with Crippen LogP contribution in [-0.2, 0) is 4.79 Å². The van der Waals surface area contributed by atoms with Gasteiger partial charge in [-0.15, -0.1) is 5.10 Å². The van der Waals surface area contributed by atoms with Gasteiger partial charge >= 0.3 is 0 Å². The molecule has 0 fully saturated rings. The van der Waals surface area contributed by atoms with Gasteiger partial charge in [-0.1, -0.05) is 11.3 Å². The van der Waals surface area contributed by atoms with E-state index in [1.54, 1.807) is 47.4 Å². The molecule has 0 aliphatic rings. The first kappa shape index (κ1) is 14.4. The third kappa shape index (κ3) is 2.91. The predicted octanol–water partition coefficient (Wildman–Crippen LogP) is 2.16. The van der Waals surface area contributed by atoms with E-state index in [4.69, 9.17) is 0 Å². The number of amides is 1. The maximum atomic E-state index is 11.2. The molecule has 0 aliphatic heterocycles. The minimum Gasteiger partial charge on any atom is -0.326 e. The van der Waals surface area contributed by atoms with Crippen molar-refractivity contribution in [3.05, 3.63) is 54.5 Å². The Balaban J connectivity index is 2.13. The minimum atomic E-state index is -0.159. The maximum Gasteiger partial charge on any atom is 0.221 e. The van der Waals surface area contributed by atoms with Gasteiger partial charge in [0.25, 0.3) is 0 Å². The molecule has 0 saturated heterocycles. The standard InChI is InChI=1S/C16H12N6O/c1-11(23)19-13-3-2-4-14(9-13)22-16(15(10-17)20-21-22)12-5-7-18-8-6-12/h2-9H,1H3,(H,19,23). The van der Waals surface area contributed by atoms with Crippen LogP contribution in [-0.4, -0.2) is 25.9 Å². The summed E-state index contributed by atoms with van der Waals surface area (Å²) in [6, 6.07) is 12.8. The summed E-state index contributed by atoms with van der Waals surface area (Å²) in [5.74, 6) is -0.159. The van der Waals surface area contributed by atoms with E-state index in [-0.39, 0.29) is 11.6 Å². The van der Waals surface area contributed by atoms with E-state index in [2.05, 4.69) is 20.6 Å². The van der Waals surface area contributed by atoms with Crippen LogP contribution in [0, 0.1) is 11.3 Å². The number of benzene rings is 1. The van der Waals surface area contributed by atoms with E-state index in [1.807, 2.05) is 12.1 Å². The zero-order chi connectivity index (χ0) is 16.2. The summed E-state index contributed by atoms with van der Waals surface area (Å²) in [6.45, 7) is 1.44. The van der Waals surface area contributed by atoms with Crippen LogP contribution in [0.1, 0.15) is 12.6 Å². The molecule has 23 heavy (non-hydrogen) atoms. The summed E-state index contributed by atoms with van der Waals surface area (Å²) < 4.78 is 1.57. The number of nitrogens with zero attached hydrogens (tertiary/aromatic N) is 5. The number of hydrogen-bond acceptors (Lipinski definition) is 5. The van der Waals surface area contributed by atoms with E-state index in [0.29, 0.717) is 17.1 Å². The Bertz CT molecular complexity index is 894. The van der Waals surface area contributed by atoms with E-state index in [0.717, 1.165) is 5.56 Å². The fourth-order valence-corrected chi connectivity index (χ4v) is 2.23. The van der Waals surface area contributed by atoms with Crippen molar-refractivity contribution in [3.63, 3.8) is 0 Å². The van der Waals surface area contributed by atoms with Crippen molar-refractivity contribution in [2.45, 2.75) is 6.92 Å². The van der Waals surface area contributed by atoms with Crippen molar-refractivity contribution >= 4 is 11.6 Å². The number of carbonyl (C=O) groups is 1. The van der Waals surface area contributed by atoms with Crippen LogP contribution >= 0.6 is 0 Å². The number of hydrogen-bond donors (Lipinski definition) is 1. The highest BCUT2D eigenvalue weighted by Crippen LogP contribution is 2.25. The largest absolute Gasteiger partial charge is 0.326 e. The van der Waals surface area contributed by atoms with Crippen LogP contribution in [0.2, 0.25) is 0 Å². The van der Waals surface area contributed by atoms with Crippen molar-refractivity contribution in [1.82, 2.24) is 20.0 Å². The van der Waals surface area contributed by atoms with Gasteiger partial charge in [0, 0.05) is 30.6 Å². The minimum absolute atomic E-state index is 0.159. The highest BCUT2D eigenvalue weighted by molar-refractivity contribution is 5.89. The third-order valence-electron chi connectivity index (χ3n) is 3.14. The molecule has 7 heteroatoms. The van der Waals surface area contributed by atoms with Crippen LogP contribution in [0.25, 0.3) is 16.9 Å². The average Bonchev–Trinajstić information content (AvgIpc) is 2.99. The van der Waals surface area contributed by atoms with Crippen LogP contribution in [0.4, 0.5) is 5.69 Å². The molecule has 2 aromatic heterocycles. The summed E-state index contributed by atoms with van der Waals surface area (Å²) in [5.41, 5.74) is 2.92. The van der Waals surface area contributed by atoms with E-state index in [9.17, 15) is 10.1 Å². The Labute approximate surface area is 132 Å². The first-order valence-electron chi connectivity index (χ1n) is 6.83. The molecule has 0 spiro atoms. The highest BCUT2D eigenvalue weighted by atomic mass is 16.1. The lowest BCUT2D eigenvalue weighted by atomic mass is 10.1. The van der Waals surface area contributed by atoms with Gasteiger partial charge in [0.15, 0.2) is 5.69 Å². The van der Waals surface area contributed by atoms with Crippen molar-refractivity contribution in [3.8, 4) is 23.0 Å². The molecular weight excluding hydrogens is 292 g/mol. The van der Waals surface area contributed by atoms with Gasteiger partial charge in [0.05, 0.1) is 5.69 Å². The Kier molecular flexibility index (Phi) is 3.80. The lowest BCUT2D eigenvalue weighted by Gasteiger charge is -2.08. The molecule has 0 aliphatic carbocycles. The Morgan fingerprint density at radius 3 is 2.74 bits per heavy atom. The molecule has 0 bridgehead atoms. The average molecular weight is 304 g/mol. The molecular formula is C16H12N6O. The monoisotopic (exact) mass is 304 g/mol. The molecule has 0 saturated carbocycles. The van der Waals surface area contributed by atoms with Crippen molar-refractivity contribution in [1.29, 1.82) is 5.26 Å². The van der Waals surface area contributed by atoms with Crippen LogP contribution in [0.5, 0.6) is 0 Å². The van der Waals surface area contributed by atoms with Gasteiger partial charge in [-0.2, -0.15) is 5.26 Å². The number of nitrogens with one attached hydrogen (secondary N) is 1. The second-order valence-corrected chi connectivity index (χ2v) is 4.78. The quantitative estimate of drug-likeness (QED) is 0.799. The van der Waals surface area contributed by atoms with E-state index < -0.39 is 0 Å². The normalized spacial score (nSPS) is 10.1. The SMILES string of the molecule is CC(=O)Nc1cccc(-n2nnc(C#N)c2-c2ccncc2)c1. The van der Waals surface area contributed by atoms with Gasteiger partial charge in [-0.05, 0) is 30.3 Å². The molecule has 1 aromatic carbocycles. The molecule has 3 rings (SSSR count). The number of pyridine rings is 1. The molecule has 112 valence electrons. The molecule has 1 amide bonds. The maximum absolute atomic E-state index is 11.2. The van der Waals surface area contributed by atoms with Crippen molar-refractivity contribution < 1.29 is 4.79 Å². The third-order valence-corrected chi connectivity index (χ3v) is 3.14. The fraction of sp³-hybridized carbons (Fsp3) is 0.0625. The van der Waals surface area contributed by atoms with E-state index in [1.165, 1.54) is 6.92 Å². The number of nitriles is 1. The lowest BCUT2D eigenvalue weighted by Crippen LogP contribution is -2.07. The fourth-order valence-electron chi connectivity index (χ4n) is 2.23. The van der Waals surface area contributed by atoms with Gasteiger partial charge in [0.2, 0.25) is 5.91 Å². The number of anilines is 1. The lowest BCUT2D eigenvalue weighted by molar-refractivity contribution is -0.114. The summed E-state index contributed by atoms with van der Waals surface area (Å²) in [5, 5.41) is 20.0. The zero-order valence-electron chi connectivity index (χ0n) is 12.3. The van der Waals surface area contributed by atoms with Crippen molar-refractivity contribution in [2.24, 2.45) is 0 Å². The molecule has 1 N–H and O–H groups in total. The number of carbonyl (C=O) groups excluding carboxylic acids is 1. The van der Waals surface area contributed by atoms with Crippen molar-refractivity contribution in [2.75, 3.05) is 5.32 Å². The smallest absolute Gasteiger partial charge is 0.221 e. The van der Waals surface area contributed by atoms with Gasteiger partial charge < -0.3 is 5.32 Å². The topological polar surface area (TPSA) is 96.5 Å². The predicted molar refractivity (Wildman–Crippen MR) is 83.6 cm³/mol. The van der Waals surface area contributed by atoms with Gasteiger partial charge in [0.1, 0.15) is 11.8 Å². The first-order chi connectivity index (χ1) is 11.2. The van der Waals surface area contributed by atoms with E-state index >= 15 is 0 Å². The van der Waals surface area contributed by atoms with Crippen LogP contribution in [0.3, 0.4) is 0 Å². The Hall–Kier alpha value is -3.53. The molecule has 3 aromatic rings.